The summed E-state index contributed by atoms with van der Waals surface area (Å²) in [6, 6.07) is 5.87. The highest BCUT2D eigenvalue weighted by Gasteiger charge is 2.07. The van der Waals surface area contributed by atoms with Gasteiger partial charge in [-0.3, -0.25) is 0 Å². The van der Waals surface area contributed by atoms with Crippen LogP contribution in [0.25, 0.3) is 0 Å². The first-order valence-electron chi connectivity index (χ1n) is 6.07. The first kappa shape index (κ1) is 13.7. The van der Waals surface area contributed by atoms with Crippen LogP contribution in [0.3, 0.4) is 0 Å². The number of halogens is 1. The Bertz CT molecular complexity index is 553. The number of aromatic nitrogens is 3. The van der Waals surface area contributed by atoms with E-state index in [2.05, 4.69) is 29.2 Å². The molecule has 1 aromatic heterocycles. The molecular formula is C13H17ClN4O. The van der Waals surface area contributed by atoms with Crippen LogP contribution in [-0.2, 0) is 6.54 Å². The summed E-state index contributed by atoms with van der Waals surface area (Å²) in [5, 5.41) is 8.04. The zero-order chi connectivity index (χ0) is 13.8. The van der Waals surface area contributed by atoms with Gasteiger partial charge < -0.3 is 10.1 Å². The molecule has 0 atom stereocenters. The van der Waals surface area contributed by atoms with Gasteiger partial charge in [-0.1, -0.05) is 11.6 Å². The summed E-state index contributed by atoms with van der Waals surface area (Å²) in [7, 11) is 1.60. The van der Waals surface area contributed by atoms with Crippen LogP contribution in [-0.4, -0.2) is 21.9 Å². The molecule has 0 unspecified atom stereocenters. The molecule has 102 valence electrons. The third kappa shape index (κ3) is 3.17. The Morgan fingerprint density at radius 1 is 1.42 bits per heavy atom. The average molecular weight is 281 g/mol. The van der Waals surface area contributed by atoms with Crippen molar-refractivity contribution in [3.05, 3.63) is 35.4 Å². The van der Waals surface area contributed by atoms with Gasteiger partial charge in [0.2, 0.25) is 0 Å². The molecule has 1 aromatic carbocycles. The molecule has 0 aliphatic heterocycles. The van der Waals surface area contributed by atoms with Crippen molar-refractivity contribution < 1.29 is 4.74 Å². The zero-order valence-electron chi connectivity index (χ0n) is 11.2. The first-order valence-corrected chi connectivity index (χ1v) is 6.45. The second-order valence-electron chi connectivity index (χ2n) is 4.42. The van der Waals surface area contributed by atoms with Gasteiger partial charge in [0.05, 0.1) is 18.7 Å². The average Bonchev–Trinajstić information content (AvgIpc) is 2.85. The van der Waals surface area contributed by atoms with Gasteiger partial charge in [0.15, 0.2) is 0 Å². The van der Waals surface area contributed by atoms with E-state index in [4.69, 9.17) is 16.3 Å². The SMILES string of the molecule is COc1ccc(NCc2ncnn2C(C)C)cc1Cl. The minimum absolute atomic E-state index is 0.291. The van der Waals surface area contributed by atoms with E-state index >= 15 is 0 Å². The van der Waals surface area contributed by atoms with Gasteiger partial charge in [-0.05, 0) is 32.0 Å². The fourth-order valence-electron chi connectivity index (χ4n) is 1.79. The quantitative estimate of drug-likeness (QED) is 0.914. The minimum Gasteiger partial charge on any atom is -0.495 e. The fraction of sp³-hybridized carbons (Fsp3) is 0.385. The van der Waals surface area contributed by atoms with Crippen molar-refractivity contribution in [3.63, 3.8) is 0 Å². The van der Waals surface area contributed by atoms with E-state index in [9.17, 15) is 0 Å². The Morgan fingerprint density at radius 2 is 2.21 bits per heavy atom. The first-order chi connectivity index (χ1) is 9.11. The fourth-order valence-corrected chi connectivity index (χ4v) is 2.05. The standard InChI is InChI=1S/C13H17ClN4O/c1-9(2)18-13(16-8-17-18)7-15-10-4-5-12(19-3)11(14)6-10/h4-6,8-9,15H,7H2,1-3H3. The lowest BCUT2D eigenvalue weighted by Crippen LogP contribution is -2.12. The highest BCUT2D eigenvalue weighted by Crippen LogP contribution is 2.27. The number of methoxy groups -OCH3 is 1. The third-order valence-corrected chi connectivity index (χ3v) is 3.03. The lowest BCUT2D eigenvalue weighted by molar-refractivity contribution is 0.415. The summed E-state index contributed by atoms with van der Waals surface area (Å²) in [5.41, 5.74) is 0.920. The Hall–Kier alpha value is -1.75. The lowest BCUT2D eigenvalue weighted by atomic mass is 10.3. The second-order valence-corrected chi connectivity index (χ2v) is 4.82. The maximum Gasteiger partial charge on any atom is 0.146 e. The smallest absolute Gasteiger partial charge is 0.146 e. The third-order valence-electron chi connectivity index (χ3n) is 2.74. The Morgan fingerprint density at radius 3 is 2.84 bits per heavy atom. The predicted molar refractivity (Wildman–Crippen MR) is 75.7 cm³/mol. The van der Waals surface area contributed by atoms with Crippen LogP contribution in [0.1, 0.15) is 25.7 Å². The molecule has 1 heterocycles. The van der Waals surface area contributed by atoms with Crippen molar-refractivity contribution in [2.75, 3.05) is 12.4 Å². The van der Waals surface area contributed by atoms with Crippen molar-refractivity contribution in [1.82, 2.24) is 14.8 Å². The van der Waals surface area contributed by atoms with E-state index in [1.807, 2.05) is 22.9 Å². The van der Waals surface area contributed by atoms with Crippen LogP contribution >= 0.6 is 11.6 Å². The molecule has 0 saturated heterocycles. The van der Waals surface area contributed by atoms with Gasteiger partial charge in [0.1, 0.15) is 17.9 Å². The van der Waals surface area contributed by atoms with Crippen molar-refractivity contribution in [2.45, 2.75) is 26.4 Å². The molecule has 0 aliphatic rings. The largest absolute Gasteiger partial charge is 0.495 e. The summed E-state index contributed by atoms with van der Waals surface area (Å²) in [5.74, 6) is 1.56. The van der Waals surface area contributed by atoms with E-state index < -0.39 is 0 Å². The van der Waals surface area contributed by atoms with Gasteiger partial charge in [0, 0.05) is 11.7 Å². The van der Waals surface area contributed by atoms with Gasteiger partial charge in [-0.2, -0.15) is 5.10 Å². The topological polar surface area (TPSA) is 52.0 Å². The van der Waals surface area contributed by atoms with Crippen LogP contribution in [0.2, 0.25) is 5.02 Å². The number of anilines is 1. The summed E-state index contributed by atoms with van der Waals surface area (Å²) < 4.78 is 7.00. The summed E-state index contributed by atoms with van der Waals surface area (Å²) in [6.07, 6.45) is 1.57. The van der Waals surface area contributed by atoms with E-state index in [0.717, 1.165) is 11.5 Å². The Balaban J connectivity index is 2.06. The molecule has 19 heavy (non-hydrogen) atoms. The molecule has 0 aliphatic carbocycles. The van der Waals surface area contributed by atoms with Crippen molar-refractivity contribution in [1.29, 1.82) is 0 Å². The molecule has 0 saturated carbocycles. The van der Waals surface area contributed by atoms with Crippen molar-refractivity contribution in [3.8, 4) is 5.75 Å². The highest BCUT2D eigenvalue weighted by molar-refractivity contribution is 6.32. The summed E-state index contributed by atoms with van der Waals surface area (Å²) in [6.45, 7) is 4.74. The van der Waals surface area contributed by atoms with Gasteiger partial charge in [-0.15, -0.1) is 0 Å². The van der Waals surface area contributed by atoms with Crippen molar-refractivity contribution >= 4 is 17.3 Å². The second kappa shape index (κ2) is 5.93. The molecule has 5 nitrogen and oxygen atoms in total. The number of rotatable bonds is 5. The Kier molecular flexibility index (Phi) is 4.27. The highest BCUT2D eigenvalue weighted by atomic mass is 35.5. The van der Waals surface area contributed by atoms with Gasteiger partial charge in [0.25, 0.3) is 0 Å². The van der Waals surface area contributed by atoms with E-state index in [-0.39, 0.29) is 0 Å². The molecule has 0 amide bonds. The number of nitrogens with one attached hydrogen (secondary N) is 1. The molecule has 1 N–H and O–H groups in total. The van der Waals surface area contributed by atoms with Crippen LogP contribution in [0.5, 0.6) is 5.75 Å². The molecule has 0 fully saturated rings. The van der Waals surface area contributed by atoms with Crippen LogP contribution in [0.15, 0.2) is 24.5 Å². The monoisotopic (exact) mass is 280 g/mol. The maximum atomic E-state index is 6.07. The van der Waals surface area contributed by atoms with Gasteiger partial charge in [-0.25, -0.2) is 9.67 Å². The van der Waals surface area contributed by atoms with Crippen LogP contribution in [0, 0.1) is 0 Å². The summed E-state index contributed by atoms with van der Waals surface area (Å²) in [4.78, 5) is 4.24. The van der Waals surface area contributed by atoms with Crippen LogP contribution < -0.4 is 10.1 Å². The predicted octanol–water partition coefficient (Wildman–Crippen LogP) is 3.13. The maximum absolute atomic E-state index is 6.07. The molecular weight excluding hydrogens is 264 g/mol. The molecule has 0 bridgehead atoms. The van der Waals surface area contributed by atoms with E-state index in [1.54, 1.807) is 13.4 Å². The molecule has 0 spiro atoms. The zero-order valence-corrected chi connectivity index (χ0v) is 12.0. The Labute approximate surface area is 117 Å². The van der Waals surface area contributed by atoms with Crippen molar-refractivity contribution in [2.24, 2.45) is 0 Å². The number of hydrogen-bond donors (Lipinski definition) is 1. The molecule has 0 radical (unpaired) electrons. The molecule has 6 heteroatoms. The van der Waals surface area contributed by atoms with E-state index in [1.165, 1.54) is 0 Å². The molecule has 2 aromatic rings. The summed E-state index contributed by atoms with van der Waals surface area (Å²) >= 11 is 6.07. The van der Waals surface area contributed by atoms with E-state index in [0.29, 0.717) is 23.4 Å². The van der Waals surface area contributed by atoms with Gasteiger partial charge >= 0.3 is 0 Å². The minimum atomic E-state index is 0.291. The number of hydrogen-bond acceptors (Lipinski definition) is 4. The lowest BCUT2D eigenvalue weighted by Gasteiger charge is -2.11. The number of ether oxygens (including phenoxy) is 1. The number of nitrogens with zero attached hydrogens (tertiary/aromatic N) is 3. The normalized spacial score (nSPS) is 10.8. The van der Waals surface area contributed by atoms with Crippen LogP contribution in [0.4, 0.5) is 5.69 Å². The molecule has 2 rings (SSSR count). The number of benzene rings is 1.